The van der Waals surface area contributed by atoms with Crippen molar-refractivity contribution in [2.24, 2.45) is 0 Å². The van der Waals surface area contributed by atoms with Crippen molar-refractivity contribution in [2.75, 3.05) is 0 Å². The third kappa shape index (κ3) is 3.23. The summed E-state index contributed by atoms with van der Waals surface area (Å²) in [4.78, 5) is 11.7. The second-order valence-corrected chi connectivity index (χ2v) is 4.34. The van der Waals surface area contributed by atoms with Crippen LogP contribution >= 0.6 is 0 Å². The second-order valence-electron chi connectivity index (χ2n) is 4.34. The van der Waals surface area contributed by atoms with Crippen molar-refractivity contribution in [1.29, 1.82) is 0 Å². The maximum Gasteiger partial charge on any atom is 0.159 e. The van der Waals surface area contributed by atoms with Crippen molar-refractivity contribution < 1.29 is 22.4 Å². The molecule has 0 N–H and O–H groups in total. The van der Waals surface area contributed by atoms with Gasteiger partial charge in [-0.2, -0.15) is 0 Å². The molecule has 0 saturated heterocycles. The lowest BCUT2D eigenvalue weighted by atomic mass is 10.0. The molecule has 1 nitrogen and oxygen atoms in total. The molecule has 0 fully saturated rings. The fourth-order valence-corrected chi connectivity index (χ4v) is 1.84. The van der Waals surface area contributed by atoms with E-state index in [4.69, 9.17) is 0 Å². The molecule has 2 aromatic carbocycles. The van der Waals surface area contributed by atoms with E-state index in [-0.39, 0.29) is 17.5 Å². The molecule has 2 rings (SSSR count). The number of hydrogen-bond acceptors (Lipinski definition) is 1. The number of rotatable bonds is 4. The topological polar surface area (TPSA) is 17.1 Å². The van der Waals surface area contributed by atoms with Gasteiger partial charge < -0.3 is 0 Å². The molecule has 2 aromatic rings. The van der Waals surface area contributed by atoms with Gasteiger partial charge in [0, 0.05) is 18.4 Å². The normalized spacial score (nSPS) is 10.6. The lowest BCUT2D eigenvalue weighted by Gasteiger charge is -2.05. The minimum Gasteiger partial charge on any atom is -0.299 e. The first-order valence-corrected chi connectivity index (χ1v) is 5.86. The summed E-state index contributed by atoms with van der Waals surface area (Å²) in [5.74, 6) is -4.17. The van der Waals surface area contributed by atoms with Gasteiger partial charge in [0.1, 0.15) is 17.4 Å². The quantitative estimate of drug-likeness (QED) is 0.783. The van der Waals surface area contributed by atoms with Crippen molar-refractivity contribution in [3.8, 4) is 0 Å². The molecule has 5 heteroatoms. The van der Waals surface area contributed by atoms with Crippen LogP contribution in [0, 0.1) is 23.3 Å². The van der Waals surface area contributed by atoms with Crippen molar-refractivity contribution in [3.63, 3.8) is 0 Å². The van der Waals surface area contributed by atoms with E-state index < -0.39 is 35.5 Å². The number of carbonyl (C=O) groups excluding carboxylic acids is 1. The van der Waals surface area contributed by atoms with E-state index in [2.05, 4.69) is 0 Å². The Balaban J connectivity index is 2.11. The van der Waals surface area contributed by atoms with E-state index in [0.717, 1.165) is 24.3 Å². The maximum absolute atomic E-state index is 13.4. The molecule has 104 valence electrons. The molecule has 0 atom stereocenters. The Kier molecular flexibility index (Phi) is 4.17. The molecule has 0 aliphatic heterocycles. The summed E-state index contributed by atoms with van der Waals surface area (Å²) in [6, 6.07) is 6.38. The fourth-order valence-electron chi connectivity index (χ4n) is 1.84. The van der Waals surface area contributed by atoms with Crippen LogP contribution in [-0.2, 0) is 17.6 Å². The van der Waals surface area contributed by atoms with Gasteiger partial charge >= 0.3 is 0 Å². The molecular weight excluding hydrogens is 272 g/mol. The molecule has 20 heavy (non-hydrogen) atoms. The van der Waals surface area contributed by atoms with Gasteiger partial charge in [-0.3, -0.25) is 4.79 Å². The van der Waals surface area contributed by atoms with E-state index in [1.54, 1.807) is 0 Å². The smallest absolute Gasteiger partial charge is 0.159 e. The summed E-state index contributed by atoms with van der Waals surface area (Å²) < 4.78 is 52.4. The predicted octanol–water partition coefficient (Wildman–Crippen LogP) is 3.60. The summed E-state index contributed by atoms with van der Waals surface area (Å²) in [7, 11) is 0. The van der Waals surface area contributed by atoms with E-state index in [9.17, 15) is 22.4 Å². The van der Waals surface area contributed by atoms with Crippen molar-refractivity contribution in [1.82, 2.24) is 0 Å². The van der Waals surface area contributed by atoms with Crippen LogP contribution in [0.25, 0.3) is 0 Å². The summed E-state index contributed by atoms with van der Waals surface area (Å²) >= 11 is 0. The predicted molar refractivity (Wildman–Crippen MR) is 65.1 cm³/mol. The monoisotopic (exact) mass is 282 g/mol. The van der Waals surface area contributed by atoms with E-state index >= 15 is 0 Å². The van der Waals surface area contributed by atoms with Gasteiger partial charge in [-0.1, -0.05) is 12.1 Å². The summed E-state index contributed by atoms with van der Waals surface area (Å²) in [6.07, 6.45) is -0.650. The Labute approximate surface area is 112 Å². The molecule has 0 bridgehead atoms. The molecule has 0 heterocycles. The maximum atomic E-state index is 13.4. The number of benzene rings is 2. The zero-order valence-corrected chi connectivity index (χ0v) is 10.3. The first kappa shape index (κ1) is 14.2. The van der Waals surface area contributed by atoms with Crippen LogP contribution in [0.5, 0.6) is 0 Å². The second kappa shape index (κ2) is 5.86. The standard InChI is InChI=1S/C15H10F4O/c16-12-2-1-3-13(17)11(12)8-10(20)6-9-4-5-14(18)15(19)7-9/h1-5,7H,6,8H2. The van der Waals surface area contributed by atoms with Crippen LogP contribution in [0.15, 0.2) is 36.4 Å². The number of halogens is 4. The van der Waals surface area contributed by atoms with Crippen LogP contribution in [0.2, 0.25) is 0 Å². The van der Waals surface area contributed by atoms with Gasteiger partial charge in [-0.25, -0.2) is 17.6 Å². The van der Waals surface area contributed by atoms with Crippen molar-refractivity contribution in [2.45, 2.75) is 12.8 Å². The Morgan fingerprint density at radius 3 is 2.05 bits per heavy atom. The van der Waals surface area contributed by atoms with E-state index in [0.29, 0.717) is 0 Å². The van der Waals surface area contributed by atoms with E-state index in [1.165, 1.54) is 12.1 Å². The molecule has 0 saturated carbocycles. The van der Waals surface area contributed by atoms with Crippen molar-refractivity contribution >= 4 is 5.78 Å². The number of carbonyl (C=O) groups is 1. The molecule has 0 amide bonds. The molecule has 0 unspecified atom stereocenters. The van der Waals surface area contributed by atoms with Gasteiger partial charge in [0.15, 0.2) is 11.6 Å². The summed E-state index contributed by atoms with van der Waals surface area (Å²) in [5, 5.41) is 0. The largest absolute Gasteiger partial charge is 0.299 e. The van der Waals surface area contributed by atoms with Gasteiger partial charge in [0.25, 0.3) is 0 Å². The van der Waals surface area contributed by atoms with Crippen LogP contribution in [0.4, 0.5) is 17.6 Å². The SMILES string of the molecule is O=C(Cc1ccc(F)c(F)c1)Cc1c(F)cccc1F. The van der Waals surface area contributed by atoms with Crippen LogP contribution in [-0.4, -0.2) is 5.78 Å². The first-order valence-electron chi connectivity index (χ1n) is 5.86. The average Bonchev–Trinajstić information content (AvgIpc) is 2.38. The van der Waals surface area contributed by atoms with Crippen molar-refractivity contribution in [3.05, 3.63) is 70.8 Å². The molecule has 0 aliphatic rings. The summed E-state index contributed by atoms with van der Waals surface area (Å²) in [6.45, 7) is 0. The third-order valence-electron chi connectivity index (χ3n) is 2.82. The Morgan fingerprint density at radius 2 is 1.45 bits per heavy atom. The lowest BCUT2D eigenvalue weighted by molar-refractivity contribution is -0.117. The zero-order valence-electron chi connectivity index (χ0n) is 10.3. The average molecular weight is 282 g/mol. The highest BCUT2D eigenvalue weighted by atomic mass is 19.2. The van der Waals surface area contributed by atoms with Gasteiger partial charge in [0.05, 0.1) is 0 Å². The highest BCUT2D eigenvalue weighted by molar-refractivity contribution is 5.83. The molecule has 0 spiro atoms. The Hall–Kier alpha value is -2.17. The Morgan fingerprint density at radius 1 is 0.800 bits per heavy atom. The number of hydrogen-bond donors (Lipinski definition) is 0. The first-order chi connectivity index (χ1) is 9.47. The molecule has 0 radical (unpaired) electrons. The highest BCUT2D eigenvalue weighted by Gasteiger charge is 2.14. The van der Waals surface area contributed by atoms with Gasteiger partial charge in [0.2, 0.25) is 0 Å². The molecular formula is C15H10F4O. The minimum absolute atomic E-state index is 0.217. The minimum atomic E-state index is -1.06. The van der Waals surface area contributed by atoms with Crippen LogP contribution < -0.4 is 0 Å². The molecule has 0 aliphatic carbocycles. The lowest BCUT2D eigenvalue weighted by Crippen LogP contribution is -2.10. The summed E-state index contributed by atoms with van der Waals surface area (Å²) in [5.41, 5.74) is -0.0641. The van der Waals surface area contributed by atoms with Gasteiger partial charge in [-0.15, -0.1) is 0 Å². The van der Waals surface area contributed by atoms with E-state index in [1.807, 2.05) is 0 Å². The van der Waals surface area contributed by atoms with Gasteiger partial charge in [-0.05, 0) is 29.8 Å². The zero-order chi connectivity index (χ0) is 14.7. The Bertz CT molecular complexity index is 632. The van der Waals surface area contributed by atoms with Crippen LogP contribution in [0.3, 0.4) is 0 Å². The van der Waals surface area contributed by atoms with Crippen LogP contribution in [0.1, 0.15) is 11.1 Å². The third-order valence-corrected chi connectivity index (χ3v) is 2.82. The number of ketones is 1. The molecule has 0 aromatic heterocycles. The fraction of sp³-hybridized carbons (Fsp3) is 0.133. The number of Topliss-reactive ketones (excluding diaryl/α,β-unsaturated/α-hetero) is 1. The highest BCUT2D eigenvalue weighted by Crippen LogP contribution is 2.15.